The Kier molecular flexibility index (Phi) is 3.94. The van der Waals surface area contributed by atoms with Crippen molar-refractivity contribution >= 4 is 34.1 Å². The third-order valence-corrected chi connectivity index (χ3v) is 6.01. The molecule has 0 aromatic heterocycles. The Morgan fingerprint density at radius 3 is 2.57 bits per heavy atom. The molecule has 3 heterocycles. The van der Waals surface area contributed by atoms with Gasteiger partial charge in [0.05, 0.1) is 16.3 Å². The summed E-state index contributed by atoms with van der Waals surface area (Å²) in [5.74, 6) is 0.728. The Balaban J connectivity index is 1.96. The van der Waals surface area contributed by atoms with Gasteiger partial charge in [-0.1, -0.05) is 54.6 Å². The highest BCUT2D eigenvalue weighted by Gasteiger charge is 2.31. The zero-order chi connectivity index (χ0) is 19.3. The van der Waals surface area contributed by atoms with E-state index in [0.29, 0.717) is 16.8 Å². The van der Waals surface area contributed by atoms with Crippen molar-refractivity contribution in [1.29, 1.82) is 5.41 Å². The molecule has 0 amide bonds. The maximum Gasteiger partial charge on any atom is 0.198 e. The summed E-state index contributed by atoms with van der Waals surface area (Å²) in [5, 5.41) is 14.7. The minimum absolute atomic E-state index is 0.0708. The number of nitrogens with one attached hydrogen (secondary N) is 2. The van der Waals surface area contributed by atoms with Crippen molar-refractivity contribution in [3.63, 3.8) is 0 Å². The van der Waals surface area contributed by atoms with Crippen molar-refractivity contribution < 1.29 is 4.79 Å². The van der Waals surface area contributed by atoms with Crippen molar-refractivity contribution in [3.8, 4) is 11.3 Å². The summed E-state index contributed by atoms with van der Waals surface area (Å²) < 4.78 is 2.18. The maximum absolute atomic E-state index is 13.5. The van der Waals surface area contributed by atoms with E-state index in [9.17, 15) is 4.79 Å². The van der Waals surface area contributed by atoms with Crippen molar-refractivity contribution in [1.82, 2.24) is 9.55 Å². The van der Waals surface area contributed by atoms with E-state index in [1.54, 1.807) is 11.8 Å². The summed E-state index contributed by atoms with van der Waals surface area (Å²) in [7, 11) is 0. The number of hydrogen-bond donors (Lipinski definition) is 2. The second kappa shape index (κ2) is 6.49. The molecular weight excluding hydrogens is 368 g/mol. The number of thioether (sulfide) groups is 1. The number of carbonyl (C=O) groups is 1. The van der Waals surface area contributed by atoms with Crippen LogP contribution in [0.2, 0.25) is 0 Å². The van der Waals surface area contributed by atoms with Crippen LogP contribution in [0.4, 0.5) is 5.82 Å². The molecule has 3 aliphatic rings. The average molecular weight is 386 g/mol. The van der Waals surface area contributed by atoms with Gasteiger partial charge < -0.3 is 9.88 Å². The second-order valence-electron chi connectivity index (χ2n) is 6.74. The van der Waals surface area contributed by atoms with E-state index in [1.807, 2.05) is 60.9 Å². The van der Waals surface area contributed by atoms with E-state index in [0.717, 1.165) is 40.3 Å². The maximum atomic E-state index is 13.5. The Labute approximate surface area is 166 Å². The molecular formula is C22H18N4OS. The van der Waals surface area contributed by atoms with Gasteiger partial charge in [-0.05, 0) is 11.6 Å². The Hall–Kier alpha value is -3.12. The summed E-state index contributed by atoms with van der Waals surface area (Å²) in [6, 6.07) is 17.1. The molecule has 5 rings (SSSR count). The lowest BCUT2D eigenvalue weighted by Crippen LogP contribution is -2.18. The van der Waals surface area contributed by atoms with Gasteiger partial charge in [-0.2, -0.15) is 0 Å². The highest BCUT2D eigenvalue weighted by molar-refractivity contribution is 7.98. The minimum Gasteiger partial charge on any atom is -0.369 e. The third kappa shape index (κ3) is 2.38. The SMILES string of the molecule is CSc1c2c3ccccc3c(=N)nc-2c(C(=O)c2ccccc2)c2n1CCN2. The number of carbonyl (C=O) groups excluding carboxylic acids is 1. The van der Waals surface area contributed by atoms with E-state index in [-0.39, 0.29) is 11.3 Å². The molecule has 138 valence electrons. The Morgan fingerprint density at radius 2 is 1.82 bits per heavy atom. The van der Waals surface area contributed by atoms with Gasteiger partial charge in [0.1, 0.15) is 5.82 Å². The quantitative estimate of drug-likeness (QED) is 0.317. The Morgan fingerprint density at radius 1 is 1.11 bits per heavy atom. The number of ketones is 1. The standard InChI is InChI=1S/C22H18N4OS/c1-28-22-16-14-9-5-6-10-15(14)20(23)25-18(16)17(21-24-11-12-26(21)22)19(27)13-7-3-2-4-8-13/h2-10,23-24H,11-12H2,1H3. The monoisotopic (exact) mass is 386 g/mol. The predicted octanol–water partition coefficient (Wildman–Crippen LogP) is 4.00. The molecule has 2 aromatic carbocycles. The summed E-state index contributed by atoms with van der Waals surface area (Å²) >= 11 is 1.65. The molecule has 0 spiro atoms. The normalized spacial score (nSPS) is 12.9. The molecule has 0 unspecified atom stereocenters. The number of hydrogen-bond acceptors (Lipinski definition) is 5. The second-order valence-corrected chi connectivity index (χ2v) is 7.53. The van der Waals surface area contributed by atoms with E-state index < -0.39 is 0 Å². The van der Waals surface area contributed by atoms with Crippen molar-refractivity contribution in [2.75, 3.05) is 18.1 Å². The lowest BCUT2D eigenvalue weighted by molar-refractivity contribution is 0.103. The highest BCUT2D eigenvalue weighted by atomic mass is 32.2. The number of pyridine rings is 2. The molecule has 0 fully saturated rings. The van der Waals surface area contributed by atoms with Crippen LogP contribution in [0.5, 0.6) is 0 Å². The number of rotatable bonds is 3. The lowest BCUT2D eigenvalue weighted by atomic mass is 9.94. The van der Waals surface area contributed by atoms with E-state index >= 15 is 0 Å². The van der Waals surface area contributed by atoms with Gasteiger partial charge in [-0.3, -0.25) is 10.2 Å². The van der Waals surface area contributed by atoms with Gasteiger partial charge in [0.15, 0.2) is 11.3 Å². The molecule has 6 heteroatoms. The van der Waals surface area contributed by atoms with Gasteiger partial charge in [-0.25, -0.2) is 4.98 Å². The van der Waals surface area contributed by atoms with Crippen LogP contribution in [0.15, 0.2) is 59.6 Å². The smallest absolute Gasteiger partial charge is 0.198 e. The number of aromatic nitrogens is 2. The zero-order valence-corrected chi connectivity index (χ0v) is 16.1. The summed E-state index contributed by atoms with van der Waals surface area (Å²) in [6.45, 7) is 1.57. The van der Waals surface area contributed by atoms with Gasteiger partial charge in [0, 0.05) is 29.6 Å². The summed E-state index contributed by atoms with van der Waals surface area (Å²) in [4.78, 5) is 18.1. The van der Waals surface area contributed by atoms with Crippen LogP contribution < -0.4 is 10.8 Å². The van der Waals surface area contributed by atoms with Gasteiger partial charge in [0.25, 0.3) is 0 Å². The van der Waals surface area contributed by atoms with Crippen LogP contribution in [0, 0.1) is 5.41 Å². The largest absolute Gasteiger partial charge is 0.369 e. The molecule has 0 saturated carbocycles. The van der Waals surface area contributed by atoms with Crippen LogP contribution in [0.3, 0.4) is 0 Å². The molecule has 5 nitrogen and oxygen atoms in total. The van der Waals surface area contributed by atoms with Crippen molar-refractivity contribution in [2.45, 2.75) is 11.6 Å². The fourth-order valence-corrected chi connectivity index (χ4v) is 4.80. The molecule has 0 atom stereocenters. The average Bonchev–Trinajstić information content (AvgIpc) is 3.22. The van der Waals surface area contributed by atoms with Crippen LogP contribution >= 0.6 is 11.8 Å². The minimum atomic E-state index is -0.0708. The third-order valence-electron chi connectivity index (χ3n) is 5.20. The van der Waals surface area contributed by atoms with E-state index in [1.165, 1.54) is 0 Å². The van der Waals surface area contributed by atoms with Crippen LogP contribution in [-0.2, 0) is 6.54 Å². The highest BCUT2D eigenvalue weighted by Crippen LogP contribution is 2.43. The summed E-state index contributed by atoms with van der Waals surface area (Å²) in [5.41, 5.74) is 2.92. The van der Waals surface area contributed by atoms with E-state index in [4.69, 9.17) is 5.41 Å². The first-order valence-corrected chi connectivity index (χ1v) is 10.3. The number of anilines is 1. The predicted molar refractivity (Wildman–Crippen MR) is 112 cm³/mol. The fourth-order valence-electron chi connectivity index (χ4n) is 3.99. The first kappa shape index (κ1) is 17.0. The topological polar surface area (TPSA) is 70.8 Å². The zero-order valence-electron chi connectivity index (χ0n) is 15.3. The first-order valence-electron chi connectivity index (χ1n) is 9.12. The molecule has 2 aromatic rings. The van der Waals surface area contributed by atoms with Gasteiger partial charge in [0.2, 0.25) is 0 Å². The van der Waals surface area contributed by atoms with E-state index in [2.05, 4.69) is 14.9 Å². The molecule has 28 heavy (non-hydrogen) atoms. The molecule has 3 aliphatic heterocycles. The Bertz CT molecular complexity index is 1260. The molecule has 0 aliphatic carbocycles. The van der Waals surface area contributed by atoms with Crippen molar-refractivity contribution in [3.05, 3.63) is 71.2 Å². The molecule has 0 saturated heterocycles. The van der Waals surface area contributed by atoms with Gasteiger partial charge >= 0.3 is 0 Å². The summed E-state index contributed by atoms with van der Waals surface area (Å²) in [6.07, 6.45) is 2.04. The molecule has 0 radical (unpaired) electrons. The van der Waals surface area contributed by atoms with Crippen molar-refractivity contribution in [2.24, 2.45) is 0 Å². The number of nitrogens with zero attached hydrogens (tertiary/aromatic N) is 2. The lowest BCUT2D eigenvalue weighted by Gasteiger charge is -2.22. The van der Waals surface area contributed by atoms with Crippen LogP contribution in [0.25, 0.3) is 22.0 Å². The molecule has 0 bridgehead atoms. The number of fused-ring (bicyclic) bond motifs is 4. The fraction of sp³-hybridized carbons (Fsp3) is 0.136. The van der Waals surface area contributed by atoms with Crippen LogP contribution in [0.1, 0.15) is 15.9 Å². The first-order chi connectivity index (χ1) is 13.7. The van der Waals surface area contributed by atoms with Gasteiger partial charge in [-0.15, -0.1) is 11.8 Å². The number of benzene rings is 2. The molecule has 2 N–H and O–H groups in total. The van der Waals surface area contributed by atoms with Crippen LogP contribution in [-0.4, -0.2) is 28.1 Å².